The molecule has 0 saturated carbocycles. The van der Waals surface area contributed by atoms with Crippen LogP contribution in [0.1, 0.15) is 22.3 Å². The van der Waals surface area contributed by atoms with Crippen LogP contribution in [0.25, 0.3) is 5.57 Å². The molecule has 2 aromatic carbocycles. The van der Waals surface area contributed by atoms with Gasteiger partial charge >= 0.3 is 12.1 Å². The Labute approximate surface area is 176 Å². The molecule has 3 nitrogen and oxygen atoms in total. The van der Waals surface area contributed by atoms with Crippen molar-refractivity contribution in [1.29, 1.82) is 0 Å². The van der Waals surface area contributed by atoms with Crippen molar-refractivity contribution in [1.82, 2.24) is 4.90 Å². The zero-order chi connectivity index (χ0) is 22.6. The van der Waals surface area contributed by atoms with Crippen molar-refractivity contribution in [3.63, 3.8) is 0 Å². The van der Waals surface area contributed by atoms with E-state index in [0.29, 0.717) is 16.8 Å². The van der Waals surface area contributed by atoms with Gasteiger partial charge < -0.3 is 9.80 Å². The SMILES string of the molecule is Cc1ccc(C2=C(C(=O)N3CCN(c4cc(C(F)(F)F)ccc4C)CC3)C2(F)F)cc1. The number of anilines is 1. The molecule has 31 heavy (non-hydrogen) atoms. The molecule has 1 heterocycles. The number of hydrogen-bond acceptors (Lipinski definition) is 2. The average Bonchev–Trinajstić information content (AvgIpc) is 3.29. The first-order chi connectivity index (χ1) is 14.5. The third kappa shape index (κ3) is 3.91. The molecule has 0 unspecified atom stereocenters. The highest BCUT2D eigenvalue weighted by atomic mass is 19.4. The lowest BCUT2D eigenvalue weighted by Gasteiger charge is -2.36. The topological polar surface area (TPSA) is 23.6 Å². The van der Waals surface area contributed by atoms with Crippen LogP contribution in [-0.4, -0.2) is 42.9 Å². The van der Waals surface area contributed by atoms with Crippen molar-refractivity contribution in [2.24, 2.45) is 0 Å². The van der Waals surface area contributed by atoms with Gasteiger partial charge in [-0.1, -0.05) is 35.9 Å². The Morgan fingerprint density at radius 3 is 2.13 bits per heavy atom. The monoisotopic (exact) mass is 436 g/mol. The van der Waals surface area contributed by atoms with Crippen molar-refractivity contribution in [3.8, 4) is 0 Å². The smallest absolute Gasteiger partial charge is 0.368 e. The maximum absolute atomic E-state index is 14.4. The number of carbonyl (C=O) groups excluding carboxylic acids is 1. The molecule has 1 amide bonds. The van der Waals surface area contributed by atoms with Gasteiger partial charge in [-0.05, 0) is 37.1 Å². The van der Waals surface area contributed by atoms with Crippen LogP contribution in [0.5, 0.6) is 0 Å². The second-order valence-electron chi connectivity index (χ2n) is 7.97. The molecule has 2 aliphatic rings. The van der Waals surface area contributed by atoms with Gasteiger partial charge in [0.15, 0.2) is 0 Å². The molecule has 0 aromatic heterocycles. The summed E-state index contributed by atoms with van der Waals surface area (Å²) in [5.41, 5.74) is 0.925. The highest BCUT2D eigenvalue weighted by Crippen LogP contribution is 2.55. The van der Waals surface area contributed by atoms with Crippen molar-refractivity contribution in [2.75, 3.05) is 31.1 Å². The van der Waals surface area contributed by atoms with Gasteiger partial charge in [0.05, 0.1) is 5.56 Å². The fourth-order valence-corrected chi connectivity index (χ4v) is 3.96. The summed E-state index contributed by atoms with van der Waals surface area (Å²) in [5.74, 6) is -3.96. The number of piperazine rings is 1. The number of carbonyl (C=O) groups is 1. The Hall–Kier alpha value is -2.90. The quantitative estimate of drug-likeness (QED) is 0.627. The van der Waals surface area contributed by atoms with Crippen LogP contribution in [0, 0.1) is 13.8 Å². The molecule has 0 bridgehead atoms. The van der Waals surface area contributed by atoms with Crippen LogP contribution in [-0.2, 0) is 11.0 Å². The summed E-state index contributed by atoms with van der Waals surface area (Å²) >= 11 is 0. The molecule has 1 fully saturated rings. The largest absolute Gasteiger partial charge is 0.416 e. The number of alkyl halides is 5. The van der Waals surface area contributed by atoms with Crippen LogP contribution in [0.4, 0.5) is 27.6 Å². The minimum Gasteiger partial charge on any atom is -0.368 e. The van der Waals surface area contributed by atoms with E-state index in [4.69, 9.17) is 0 Å². The Morgan fingerprint density at radius 1 is 0.935 bits per heavy atom. The van der Waals surface area contributed by atoms with Gasteiger partial charge in [-0.3, -0.25) is 4.79 Å². The molecular weight excluding hydrogens is 415 g/mol. The van der Waals surface area contributed by atoms with E-state index in [0.717, 1.165) is 17.7 Å². The van der Waals surface area contributed by atoms with Crippen molar-refractivity contribution >= 4 is 17.2 Å². The lowest BCUT2D eigenvalue weighted by atomic mass is 10.1. The third-order valence-corrected chi connectivity index (χ3v) is 5.81. The zero-order valence-electron chi connectivity index (χ0n) is 17.1. The molecule has 164 valence electrons. The average molecular weight is 436 g/mol. The fourth-order valence-electron chi connectivity index (χ4n) is 3.96. The van der Waals surface area contributed by atoms with E-state index in [9.17, 15) is 26.7 Å². The van der Waals surface area contributed by atoms with Crippen LogP contribution in [0.2, 0.25) is 0 Å². The molecule has 0 spiro atoms. The van der Waals surface area contributed by atoms with Gasteiger partial charge in [0, 0.05) is 37.4 Å². The number of rotatable bonds is 3. The van der Waals surface area contributed by atoms with Gasteiger partial charge in [-0.15, -0.1) is 0 Å². The molecule has 0 atom stereocenters. The Balaban J connectivity index is 1.48. The molecule has 1 saturated heterocycles. The van der Waals surface area contributed by atoms with Crippen molar-refractivity contribution < 1.29 is 26.7 Å². The summed E-state index contributed by atoms with van der Waals surface area (Å²) in [6, 6.07) is 10.1. The first-order valence-corrected chi connectivity index (χ1v) is 9.92. The normalized spacial score (nSPS) is 18.4. The highest BCUT2D eigenvalue weighted by molar-refractivity contribution is 6.15. The predicted octanol–water partition coefficient (Wildman–Crippen LogP) is 5.07. The molecule has 2 aromatic rings. The number of hydrogen-bond donors (Lipinski definition) is 0. The lowest BCUT2D eigenvalue weighted by molar-refractivity contribution is -0.137. The first kappa shape index (κ1) is 21.3. The van der Waals surface area contributed by atoms with E-state index in [-0.39, 0.29) is 31.8 Å². The van der Waals surface area contributed by atoms with Gasteiger partial charge in [0.2, 0.25) is 0 Å². The van der Waals surface area contributed by atoms with Crippen LogP contribution >= 0.6 is 0 Å². The third-order valence-electron chi connectivity index (χ3n) is 5.81. The molecule has 0 N–H and O–H groups in total. The predicted molar refractivity (Wildman–Crippen MR) is 108 cm³/mol. The second kappa shape index (κ2) is 7.35. The fraction of sp³-hybridized carbons (Fsp3) is 0.348. The van der Waals surface area contributed by atoms with Gasteiger partial charge in [0.1, 0.15) is 5.57 Å². The molecular formula is C23H21F5N2O. The second-order valence-corrected chi connectivity index (χ2v) is 7.97. The molecule has 4 rings (SSSR count). The van der Waals surface area contributed by atoms with Crippen molar-refractivity contribution in [3.05, 3.63) is 70.3 Å². The summed E-state index contributed by atoms with van der Waals surface area (Å²) in [6.45, 7) is 4.43. The Bertz CT molecular complexity index is 1050. The van der Waals surface area contributed by atoms with Crippen molar-refractivity contribution in [2.45, 2.75) is 25.9 Å². The lowest BCUT2D eigenvalue weighted by Crippen LogP contribution is -2.49. The van der Waals surface area contributed by atoms with Gasteiger partial charge in [-0.25, -0.2) is 0 Å². The van der Waals surface area contributed by atoms with E-state index in [1.54, 1.807) is 36.1 Å². The first-order valence-electron chi connectivity index (χ1n) is 9.92. The van der Waals surface area contributed by atoms with Crippen LogP contribution in [0.15, 0.2) is 48.0 Å². The summed E-state index contributed by atoms with van der Waals surface area (Å²) in [7, 11) is 0. The summed E-state index contributed by atoms with van der Waals surface area (Å²) in [5, 5.41) is 0. The molecule has 8 heteroatoms. The highest BCUT2D eigenvalue weighted by Gasteiger charge is 2.61. The van der Waals surface area contributed by atoms with Gasteiger partial charge in [-0.2, -0.15) is 22.0 Å². The van der Waals surface area contributed by atoms with E-state index in [1.807, 2.05) is 6.92 Å². The molecule has 0 radical (unpaired) electrons. The maximum Gasteiger partial charge on any atom is 0.416 e. The number of allylic oxidation sites excluding steroid dienone is 1. The number of halogens is 5. The van der Waals surface area contributed by atoms with E-state index < -0.39 is 29.1 Å². The summed E-state index contributed by atoms with van der Waals surface area (Å²) in [6.07, 6.45) is -4.45. The summed E-state index contributed by atoms with van der Waals surface area (Å²) < 4.78 is 67.9. The minimum absolute atomic E-state index is 0.162. The Kier molecular flexibility index (Phi) is 5.06. The van der Waals surface area contributed by atoms with Gasteiger partial charge in [0.25, 0.3) is 5.91 Å². The molecule has 1 aliphatic carbocycles. The van der Waals surface area contributed by atoms with E-state index >= 15 is 0 Å². The molecule has 1 aliphatic heterocycles. The number of aryl methyl sites for hydroxylation is 2. The van der Waals surface area contributed by atoms with Crippen LogP contribution < -0.4 is 4.90 Å². The number of amides is 1. The Morgan fingerprint density at radius 2 is 1.55 bits per heavy atom. The zero-order valence-corrected chi connectivity index (χ0v) is 17.1. The number of nitrogens with zero attached hydrogens (tertiary/aromatic N) is 2. The standard InChI is InChI=1S/C23H21F5N2O/c1-14-3-6-16(7-4-14)19-20(22(19,24)25)21(31)30-11-9-29(10-12-30)18-13-17(23(26,27)28)8-5-15(18)2/h3-8,13H,9-12H2,1-2H3. The van der Waals surface area contributed by atoms with E-state index in [1.165, 1.54) is 11.0 Å². The summed E-state index contributed by atoms with van der Waals surface area (Å²) in [4.78, 5) is 15.9. The minimum atomic E-state index is -4.45. The van der Waals surface area contributed by atoms with Crippen LogP contribution in [0.3, 0.4) is 0 Å². The number of benzene rings is 2. The van der Waals surface area contributed by atoms with E-state index in [2.05, 4.69) is 0 Å². The maximum atomic E-state index is 14.4.